The molecule has 0 spiro atoms. The van der Waals surface area contributed by atoms with E-state index in [1.165, 1.54) is 24.3 Å². The van der Waals surface area contributed by atoms with E-state index >= 15 is 0 Å². The van der Waals surface area contributed by atoms with Gasteiger partial charge in [0, 0.05) is 12.8 Å². The number of benzene rings is 2. The molecule has 8 nitrogen and oxygen atoms in total. The maximum Gasteiger partial charge on any atom is 0.339 e. The van der Waals surface area contributed by atoms with Crippen LogP contribution in [0.15, 0.2) is 59.5 Å². The number of hydrogen-bond acceptors (Lipinski definition) is 6. The van der Waals surface area contributed by atoms with Crippen LogP contribution in [0.5, 0.6) is 0 Å². The van der Waals surface area contributed by atoms with Gasteiger partial charge in [0.05, 0.1) is 10.5 Å². The lowest BCUT2D eigenvalue weighted by Gasteiger charge is -2.09. The summed E-state index contributed by atoms with van der Waals surface area (Å²) in [7, 11) is -3.64. The zero-order valence-corrected chi connectivity index (χ0v) is 15.3. The summed E-state index contributed by atoms with van der Waals surface area (Å²) in [5, 5.41) is 4.50. The standard InChI is InChI=1S/C18H18N2O6S/c1-27(24,25)15-10-6-5-9-14(15)17(22)26-12-16(21)20-18(23)19-11-13-7-3-2-4-8-13/h2-10H,11-12H2,1H3,(H2,19,20,21,23). The Labute approximate surface area is 156 Å². The van der Waals surface area contributed by atoms with Gasteiger partial charge in [-0.25, -0.2) is 18.0 Å². The topological polar surface area (TPSA) is 119 Å². The van der Waals surface area contributed by atoms with Crippen molar-refractivity contribution >= 4 is 27.7 Å². The van der Waals surface area contributed by atoms with Gasteiger partial charge < -0.3 is 10.1 Å². The normalized spacial score (nSPS) is 10.7. The molecule has 0 radical (unpaired) electrons. The van der Waals surface area contributed by atoms with Gasteiger partial charge in [-0.2, -0.15) is 0 Å². The average molecular weight is 390 g/mol. The largest absolute Gasteiger partial charge is 0.452 e. The highest BCUT2D eigenvalue weighted by Crippen LogP contribution is 2.16. The van der Waals surface area contributed by atoms with Crippen LogP contribution in [0, 0.1) is 0 Å². The van der Waals surface area contributed by atoms with E-state index < -0.39 is 34.4 Å². The van der Waals surface area contributed by atoms with E-state index in [2.05, 4.69) is 5.32 Å². The number of imide groups is 1. The number of hydrogen-bond donors (Lipinski definition) is 2. The highest BCUT2D eigenvalue weighted by molar-refractivity contribution is 7.90. The molecule has 142 valence electrons. The molecule has 9 heteroatoms. The lowest BCUT2D eigenvalue weighted by atomic mass is 10.2. The number of urea groups is 1. The number of ether oxygens (including phenoxy) is 1. The lowest BCUT2D eigenvalue weighted by molar-refractivity contribution is -0.123. The van der Waals surface area contributed by atoms with Crippen molar-refractivity contribution in [3.05, 3.63) is 65.7 Å². The predicted octanol–water partition coefficient (Wildman–Crippen LogP) is 1.27. The summed E-state index contributed by atoms with van der Waals surface area (Å²) in [5.74, 6) is -1.82. The molecule has 3 amide bonds. The molecule has 0 atom stereocenters. The molecule has 0 aliphatic rings. The van der Waals surface area contributed by atoms with Gasteiger partial charge in [0.1, 0.15) is 0 Å². The Hall–Kier alpha value is -3.20. The minimum Gasteiger partial charge on any atom is -0.452 e. The minimum atomic E-state index is -3.64. The van der Waals surface area contributed by atoms with Crippen molar-refractivity contribution in [3.8, 4) is 0 Å². The summed E-state index contributed by atoms with van der Waals surface area (Å²) < 4.78 is 28.2. The Morgan fingerprint density at radius 2 is 1.59 bits per heavy atom. The van der Waals surface area contributed by atoms with Gasteiger partial charge in [-0.3, -0.25) is 10.1 Å². The SMILES string of the molecule is CS(=O)(=O)c1ccccc1C(=O)OCC(=O)NC(=O)NCc1ccccc1. The van der Waals surface area contributed by atoms with E-state index in [0.29, 0.717) is 0 Å². The van der Waals surface area contributed by atoms with Gasteiger partial charge in [0.25, 0.3) is 5.91 Å². The number of nitrogens with one attached hydrogen (secondary N) is 2. The molecule has 2 rings (SSSR count). The van der Waals surface area contributed by atoms with E-state index in [0.717, 1.165) is 11.8 Å². The second kappa shape index (κ2) is 8.95. The van der Waals surface area contributed by atoms with Crippen LogP contribution >= 0.6 is 0 Å². The molecule has 27 heavy (non-hydrogen) atoms. The Morgan fingerprint density at radius 1 is 0.963 bits per heavy atom. The molecule has 2 aromatic rings. The van der Waals surface area contributed by atoms with Gasteiger partial charge in [-0.05, 0) is 17.7 Å². The van der Waals surface area contributed by atoms with Crippen LogP contribution in [0.4, 0.5) is 4.79 Å². The number of esters is 1. The van der Waals surface area contributed by atoms with Gasteiger partial charge in [-0.15, -0.1) is 0 Å². The first-order valence-corrected chi connectivity index (χ1v) is 9.74. The fraction of sp³-hybridized carbons (Fsp3) is 0.167. The number of amides is 3. The Kier molecular flexibility index (Phi) is 6.67. The molecule has 0 heterocycles. The lowest BCUT2D eigenvalue weighted by Crippen LogP contribution is -2.41. The first kappa shape index (κ1) is 20.1. The van der Waals surface area contributed by atoms with E-state index in [9.17, 15) is 22.8 Å². The first-order chi connectivity index (χ1) is 12.8. The van der Waals surface area contributed by atoms with E-state index in [1.54, 1.807) is 0 Å². The summed E-state index contributed by atoms with van der Waals surface area (Å²) in [6.45, 7) is -0.503. The summed E-state index contributed by atoms with van der Waals surface area (Å²) in [6.07, 6.45) is 0.961. The molecular weight excluding hydrogens is 372 g/mol. The zero-order chi connectivity index (χ0) is 19.9. The van der Waals surface area contributed by atoms with Crippen molar-refractivity contribution in [1.29, 1.82) is 0 Å². The summed E-state index contributed by atoms with van der Waals surface area (Å²) in [6, 6.07) is 13.8. The van der Waals surface area contributed by atoms with Gasteiger partial charge >= 0.3 is 12.0 Å². The number of carbonyl (C=O) groups excluding carboxylic acids is 3. The van der Waals surface area contributed by atoms with E-state index in [1.807, 2.05) is 35.6 Å². The van der Waals surface area contributed by atoms with Crippen molar-refractivity contribution in [2.45, 2.75) is 11.4 Å². The van der Waals surface area contributed by atoms with Crippen LogP contribution in [-0.4, -0.2) is 39.2 Å². The van der Waals surface area contributed by atoms with Crippen molar-refractivity contribution in [3.63, 3.8) is 0 Å². The third kappa shape index (κ3) is 6.23. The molecular formula is C18H18N2O6S. The van der Waals surface area contributed by atoms with Gasteiger partial charge in [0.2, 0.25) is 0 Å². The molecule has 0 saturated carbocycles. The average Bonchev–Trinajstić information content (AvgIpc) is 2.64. The number of rotatable bonds is 6. The molecule has 2 aromatic carbocycles. The maximum absolute atomic E-state index is 12.0. The predicted molar refractivity (Wildman–Crippen MR) is 96.7 cm³/mol. The number of sulfone groups is 1. The fourth-order valence-electron chi connectivity index (χ4n) is 2.15. The van der Waals surface area contributed by atoms with E-state index in [4.69, 9.17) is 4.74 Å². The summed E-state index contributed by atoms with van der Waals surface area (Å²) in [5.41, 5.74) is 0.672. The molecule has 2 N–H and O–H groups in total. The van der Waals surface area contributed by atoms with E-state index in [-0.39, 0.29) is 17.0 Å². The van der Waals surface area contributed by atoms with Crippen LogP contribution in [0.25, 0.3) is 0 Å². The molecule has 0 aliphatic carbocycles. The van der Waals surface area contributed by atoms with Gasteiger partial charge in [0.15, 0.2) is 16.4 Å². The molecule has 0 aromatic heterocycles. The van der Waals surface area contributed by atoms with Crippen molar-refractivity contribution in [2.24, 2.45) is 0 Å². The molecule has 0 unspecified atom stereocenters. The first-order valence-electron chi connectivity index (χ1n) is 7.85. The van der Waals surface area contributed by atoms with Crippen LogP contribution in [0.1, 0.15) is 15.9 Å². The fourth-order valence-corrected chi connectivity index (χ4v) is 3.03. The van der Waals surface area contributed by atoms with Crippen LogP contribution in [0.3, 0.4) is 0 Å². The monoisotopic (exact) mass is 390 g/mol. The second-order valence-electron chi connectivity index (χ2n) is 5.56. The Balaban J connectivity index is 1.85. The van der Waals surface area contributed by atoms with Crippen LogP contribution < -0.4 is 10.6 Å². The van der Waals surface area contributed by atoms with Gasteiger partial charge in [-0.1, -0.05) is 42.5 Å². The molecule has 0 saturated heterocycles. The highest BCUT2D eigenvalue weighted by Gasteiger charge is 2.20. The molecule has 0 bridgehead atoms. The van der Waals surface area contributed by atoms with Crippen molar-refractivity contribution < 1.29 is 27.5 Å². The summed E-state index contributed by atoms with van der Waals surface area (Å²) in [4.78, 5) is 35.2. The highest BCUT2D eigenvalue weighted by atomic mass is 32.2. The summed E-state index contributed by atoms with van der Waals surface area (Å²) >= 11 is 0. The Morgan fingerprint density at radius 3 is 2.26 bits per heavy atom. The smallest absolute Gasteiger partial charge is 0.339 e. The minimum absolute atomic E-state index is 0.179. The molecule has 0 fully saturated rings. The third-order valence-corrected chi connectivity index (χ3v) is 4.54. The van der Waals surface area contributed by atoms with Crippen molar-refractivity contribution in [1.82, 2.24) is 10.6 Å². The number of carbonyl (C=O) groups is 3. The second-order valence-corrected chi connectivity index (χ2v) is 7.55. The maximum atomic E-state index is 12.0. The van der Waals surface area contributed by atoms with Crippen molar-refractivity contribution in [2.75, 3.05) is 12.9 Å². The molecule has 0 aliphatic heterocycles. The van der Waals surface area contributed by atoms with Crippen LogP contribution in [-0.2, 0) is 25.9 Å². The zero-order valence-electron chi connectivity index (χ0n) is 14.5. The Bertz CT molecular complexity index is 941. The third-order valence-electron chi connectivity index (χ3n) is 3.39. The van der Waals surface area contributed by atoms with Crippen LogP contribution in [0.2, 0.25) is 0 Å². The quantitative estimate of drug-likeness (QED) is 0.717.